The van der Waals surface area contributed by atoms with Gasteiger partial charge >= 0.3 is 0 Å². The number of unbranched alkanes of at least 4 members (excludes halogenated alkanes) is 1. The van der Waals surface area contributed by atoms with Gasteiger partial charge in [-0.05, 0) is 39.8 Å². The molecular formula is C17H36N4O2. The van der Waals surface area contributed by atoms with Crippen LogP contribution < -0.4 is 10.6 Å². The largest absolute Gasteiger partial charge is 0.355 e. The van der Waals surface area contributed by atoms with Crippen LogP contribution in [-0.2, 0) is 9.59 Å². The number of likely N-dealkylation sites (N-methyl/N-ethyl adjacent to an activating group) is 2. The van der Waals surface area contributed by atoms with Crippen LogP contribution in [0.25, 0.3) is 0 Å². The molecule has 6 nitrogen and oxygen atoms in total. The molecule has 136 valence electrons. The van der Waals surface area contributed by atoms with Crippen molar-refractivity contribution >= 4 is 11.7 Å². The fourth-order valence-corrected chi connectivity index (χ4v) is 2.77. The van der Waals surface area contributed by atoms with Gasteiger partial charge in [0.05, 0.1) is 12.6 Å². The first kappa shape index (κ1) is 22.0. The molecule has 0 saturated carbocycles. The van der Waals surface area contributed by atoms with Gasteiger partial charge in [0.2, 0.25) is 5.91 Å². The van der Waals surface area contributed by atoms with Crippen molar-refractivity contribution in [3.05, 3.63) is 0 Å². The molecule has 1 atom stereocenters. The number of amides is 1. The van der Waals surface area contributed by atoms with Gasteiger partial charge < -0.3 is 15.5 Å². The van der Waals surface area contributed by atoms with E-state index in [1.54, 1.807) is 6.92 Å². The van der Waals surface area contributed by atoms with E-state index < -0.39 is 0 Å². The summed E-state index contributed by atoms with van der Waals surface area (Å²) in [5.74, 6) is 0.291. The van der Waals surface area contributed by atoms with E-state index in [9.17, 15) is 9.59 Å². The number of nitrogens with zero attached hydrogens (tertiary/aromatic N) is 2. The zero-order valence-corrected chi connectivity index (χ0v) is 14.4. The third kappa shape index (κ3) is 9.03. The zero-order valence-electron chi connectivity index (χ0n) is 14.4. The summed E-state index contributed by atoms with van der Waals surface area (Å²) in [5.41, 5.74) is 0. The zero-order chi connectivity index (χ0) is 16.4. The quantitative estimate of drug-likeness (QED) is 0.579. The monoisotopic (exact) mass is 328 g/mol. The minimum atomic E-state index is -0.0504. The molecule has 1 heterocycles. The van der Waals surface area contributed by atoms with Gasteiger partial charge in [-0.15, -0.1) is 0 Å². The standard InChI is InChI=1S/C16H32N4O2.CH4/c1-4-19-9-11-20(12-10-19)13-16(22)18-8-6-5-7-15(17-3)14(2)21;/h15,17H,4-13H2,1-3H3,(H,18,22);1H4/t15-;/m0./s1. The molecule has 1 rings (SSSR count). The first-order valence-electron chi connectivity index (χ1n) is 8.46. The van der Waals surface area contributed by atoms with E-state index >= 15 is 0 Å². The van der Waals surface area contributed by atoms with Crippen LogP contribution in [0.15, 0.2) is 0 Å². The van der Waals surface area contributed by atoms with Crippen molar-refractivity contribution in [2.45, 2.75) is 46.6 Å². The van der Waals surface area contributed by atoms with Gasteiger partial charge in [-0.1, -0.05) is 14.4 Å². The second-order valence-electron chi connectivity index (χ2n) is 6.01. The molecule has 1 aliphatic heterocycles. The van der Waals surface area contributed by atoms with E-state index in [-0.39, 0.29) is 25.2 Å². The Kier molecular flexibility index (Phi) is 11.9. The average Bonchev–Trinajstić information content (AvgIpc) is 2.51. The van der Waals surface area contributed by atoms with Crippen LogP contribution in [0, 0.1) is 0 Å². The maximum Gasteiger partial charge on any atom is 0.234 e. The molecule has 6 heteroatoms. The predicted molar refractivity (Wildman–Crippen MR) is 95.7 cm³/mol. The average molecular weight is 329 g/mol. The first-order chi connectivity index (χ1) is 10.6. The minimum Gasteiger partial charge on any atom is -0.355 e. The van der Waals surface area contributed by atoms with Crippen LogP contribution in [0.5, 0.6) is 0 Å². The molecule has 23 heavy (non-hydrogen) atoms. The third-order valence-corrected chi connectivity index (χ3v) is 4.36. The van der Waals surface area contributed by atoms with Crippen molar-refractivity contribution in [1.82, 2.24) is 20.4 Å². The SMILES string of the molecule is C.CCN1CCN(CC(=O)NCCCC[C@H](NC)C(C)=O)CC1. The Bertz CT molecular complexity index is 341. The van der Waals surface area contributed by atoms with E-state index in [1.165, 1.54) is 0 Å². The predicted octanol–water partition coefficient (Wildman–Crippen LogP) is 0.724. The molecule has 1 fully saturated rings. The van der Waals surface area contributed by atoms with Crippen LogP contribution in [0.3, 0.4) is 0 Å². The lowest BCUT2D eigenvalue weighted by Crippen LogP contribution is -2.49. The highest BCUT2D eigenvalue weighted by Crippen LogP contribution is 2.02. The number of ketones is 1. The van der Waals surface area contributed by atoms with Gasteiger partial charge in [0.1, 0.15) is 5.78 Å². The molecule has 1 saturated heterocycles. The highest BCUT2D eigenvalue weighted by molar-refractivity contribution is 5.81. The number of Topliss-reactive ketones (excluding diaryl/α,β-unsaturated/α-hetero) is 1. The van der Waals surface area contributed by atoms with Crippen LogP contribution >= 0.6 is 0 Å². The summed E-state index contributed by atoms with van der Waals surface area (Å²) in [5, 5.41) is 5.99. The topological polar surface area (TPSA) is 64.7 Å². The number of rotatable bonds is 10. The van der Waals surface area contributed by atoms with Crippen molar-refractivity contribution in [3.63, 3.8) is 0 Å². The fraction of sp³-hybridized carbons (Fsp3) is 0.882. The number of piperazine rings is 1. The smallest absolute Gasteiger partial charge is 0.234 e. The van der Waals surface area contributed by atoms with Crippen LogP contribution in [0.4, 0.5) is 0 Å². The number of hydrogen-bond acceptors (Lipinski definition) is 5. The lowest BCUT2D eigenvalue weighted by atomic mass is 10.1. The third-order valence-electron chi connectivity index (χ3n) is 4.36. The molecule has 0 aliphatic carbocycles. The molecular weight excluding hydrogens is 292 g/mol. The molecule has 0 aromatic heterocycles. The molecule has 2 N–H and O–H groups in total. The minimum absolute atomic E-state index is 0. The Hall–Kier alpha value is -0.980. The summed E-state index contributed by atoms with van der Waals surface area (Å²) >= 11 is 0. The lowest BCUT2D eigenvalue weighted by Gasteiger charge is -2.33. The van der Waals surface area contributed by atoms with E-state index in [0.717, 1.165) is 52.0 Å². The van der Waals surface area contributed by atoms with Crippen molar-refractivity contribution in [1.29, 1.82) is 0 Å². The van der Waals surface area contributed by atoms with Crippen molar-refractivity contribution in [2.75, 3.05) is 52.9 Å². The van der Waals surface area contributed by atoms with Crippen LogP contribution in [-0.4, -0.2) is 80.4 Å². The molecule has 0 spiro atoms. The number of nitrogens with one attached hydrogen (secondary N) is 2. The van der Waals surface area contributed by atoms with Gasteiger partial charge in [-0.3, -0.25) is 14.5 Å². The Morgan fingerprint density at radius 3 is 2.22 bits per heavy atom. The van der Waals surface area contributed by atoms with Gasteiger partial charge in [0, 0.05) is 32.7 Å². The molecule has 0 radical (unpaired) electrons. The van der Waals surface area contributed by atoms with E-state index in [0.29, 0.717) is 13.1 Å². The van der Waals surface area contributed by atoms with Crippen LogP contribution in [0.1, 0.15) is 40.5 Å². The van der Waals surface area contributed by atoms with Gasteiger partial charge in [-0.2, -0.15) is 0 Å². The second kappa shape index (κ2) is 12.4. The van der Waals surface area contributed by atoms with E-state index in [4.69, 9.17) is 0 Å². The summed E-state index contributed by atoms with van der Waals surface area (Å²) in [6.45, 7) is 10.1. The maximum absolute atomic E-state index is 11.9. The van der Waals surface area contributed by atoms with Gasteiger partial charge in [-0.25, -0.2) is 0 Å². The van der Waals surface area contributed by atoms with Crippen LogP contribution in [0.2, 0.25) is 0 Å². The highest BCUT2D eigenvalue weighted by Gasteiger charge is 2.17. The molecule has 0 aromatic rings. The second-order valence-corrected chi connectivity index (χ2v) is 6.01. The van der Waals surface area contributed by atoms with E-state index in [2.05, 4.69) is 27.4 Å². The summed E-state index contributed by atoms with van der Waals surface area (Å²) < 4.78 is 0. The van der Waals surface area contributed by atoms with Gasteiger partial charge in [0.25, 0.3) is 0 Å². The number of carbonyl (C=O) groups excluding carboxylic acids is 2. The lowest BCUT2D eigenvalue weighted by molar-refractivity contribution is -0.122. The molecule has 0 unspecified atom stereocenters. The molecule has 0 aromatic carbocycles. The molecule has 1 aliphatic rings. The summed E-state index contributed by atoms with van der Waals surface area (Å²) in [4.78, 5) is 27.8. The summed E-state index contributed by atoms with van der Waals surface area (Å²) in [7, 11) is 1.81. The number of carbonyl (C=O) groups is 2. The highest BCUT2D eigenvalue weighted by atomic mass is 16.2. The van der Waals surface area contributed by atoms with Crippen molar-refractivity contribution in [3.8, 4) is 0 Å². The molecule has 1 amide bonds. The normalized spacial score (nSPS) is 17.3. The van der Waals surface area contributed by atoms with Crippen molar-refractivity contribution < 1.29 is 9.59 Å². The maximum atomic E-state index is 11.9. The number of hydrogen-bond donors (Lipinski definition) is 2. The van der Waals surface area contributed by atoms with Crippen molar-refractivity contribution in [2.24, 2.45) is 0 Å². The van der Waals surface area contributed by atoms with E-state index in [1.807, 2.05) is 7.05 Å². The Morgan fingerprint density at radius 2 is 1.70 bits per heavy atom. The fourth-order valence-electron chi connectivity index (χ4n) is 2.77. The summed E-state index contributed by atoms with van der Waals surface area (Å²) in [6, 6.07) is -0.0504. The first-order valence-corrected chi connectivity index (χ1v) is 8.46. The summed E-state index contributed by atoms with van der Waals surface area (Å²) in [6.07, 6.45) is 2.70. The Balaban J connectivity index is 0.00000484. The molecule has 0 bridgehead atoms. The van der Waals surface area contributed by atoms with Gasteiger partial charge in [0.15, 0.2) is 0 Å². The Labute approximate surface area is 142 Å². The Morgan fingerprint density at radius 1 is 1.09 bits per heavy atom.